The van der Waals surface area contributed by atoms with Crippen LogP contribution in [-0.4, -0.2) is 23.7 Å². The van der Waals surface area contributed by atoms with Crippen molar-refractivity contribution >= 4 is 34.9 Å². The number of rotatable bonds is 2. The van der Waals surface area contributed by atoms with Gasteiger partial charge in [0.1, 0.15) is 0 Å². The minimum Gasteiger partial charge on any atom is -0.328 e. The molecule has 6 nitrogen and oxygen atoms in total. The zero-order valence-electron chi connectivity index (χ0n) is 10.5. The summed E-state index contributed by atoms with van der Waals surface area (Å²) in [7, 11) is 0. The van der Waals surface area contributed by atoms with Crippen LogP contribution in [0.2, 0.25) is 5.02 Å². The molecule has 0 bridgehead atoms. The van der Waals surface area contributed by atoms with Crippen molar-refractivity contribution in [3.8, 4) is 0 Å². The summed E-state index contributed by atoms with van der Waals surface area (Å²) in [5.41, 5.74) is 4.31. The van der Waals surface area contributed by atoms with Crippen LogP contribution in [0.25, 0.3) is 0 Å². The van der Waals surface area contributed by atoms with E-state index in [9.17, 15) is 9.59 Å². The van der Waals surface area contributed by atoms with Crippen LogP contribution in [0.4, 0.5) is 10.5 Å². The van der Waals surface area contributed by atoms with E-state index < -0.39 is 0 Å². The first-order chi connectivity index (χ1) is 8.97. The third-order valence-electron chi connectivity index (χ3n) is 2.61. The number of anilines is 1. The highest BCUT2D eigenvalue weighted by molar-refractivity contribution is 6.34. The van der Waals surface area contributed by atoms with E-state index in [1.54, 1.807) is 18.2 Å². The van der Waals surface area contributed by atoms with Gasteiger partial charge in [0.25, 0.3) is 0 Å². The molecule has 1 aliphatic rings. The molecule has 1 aromatic carbocycles. The fourth-order valence-corrected chi connectivity index (χ4v) is 1.95. The predicted molar refractivity (Wildman–Crippen MR) is 73.4 cm³/mol. The molecule has 1 aromatic rings. The molecule has 100 valence electrons. The highest BCUT2D eigenvalue weighted by atomic mass is 35.5. The van der Waals surface area contributed by atoms with Crippen LogP contribution in [0, 0.1) is 0 Å². The largest absolute Gasteiger partial charge is 0.335 e. The zero-order valence-corrected chi connectivity index (χ0v) is 11.2. The van der Waals surface area contributed by atoms with Crippen LogP contribution < -0.4 is 16.1 Å². The number of hydrazone groups is 1. The highest BCUT2D eigenvalue weighted by Crippen LogP contribution is 2.24. The third kappa shape index (κ3) is 3.03. The van der Waals surface area contributed by atoms with Crippen molar-refractivity contribution in [1.29, 1.82) is 0 Å². The number of hydrogen-bond acceptors (Lipinski definition) is 3. The van der Waals surface area contributed by atoms with Crippen LogP contribution in [0.5, 0.6) is 0 Å². The molecule has 0 aliphatic carbocycles. The molecule has 1 atom stereocenters. The fourth-order valence-electron chi connectivity index (χ4n) is 1.79. The SMILES string of the molecule is CC(=O)Nc1cc(C2=NNC(=O)NC2C)ccc1Cl. The lowest BCUT2D eigenvalue weighted by atomic mass is 10.0. The minimum absolute atomic E-state index is 0.205. The number of nitrogens with zero attached hydrogens (tertiary/aromatic N) is 1. The molecule has 0 aromatic heterocycles. The van der Waals surface area contributed by atoms with Gasteiger partial charge in [-0.15, -0.1) is 0 Å². The van der Waals surface area contributed by atoms with E-state index in [-0.39, 0.29) is 18.0 Å². The van der Waals surface area contributed by atoms with Crippen molar-refractivity contribution in [3.63, 3.8) is 0 Å². The zero-order chi connectivity index (χ0) is 14.0. The molecule has 0 radical (unpaired) electrons. The van der Waals surface area contributed by atoms with Gasteiger partial charge in [0.15, 0.2) is 0 Å². The second kappa shape index (κ2) is 5.27. The van der Waals surface area contributed by atoms with Crippen molar-refractivity contribution in [3.05, 3.63) is 28.8 Å². The van der Waals surface area contributed by atoms with E-state index in [0.29, 0.717) is 16.4 Å². The van der Waals surface area contributed by atoms with Crippen LogP contribution >= 0.6 is 11.6 Å². The topological polar surface area (TPSA) is 82.6 Å². The summed E-state index contributed by atoms with van der Waals surface area (Å²) in [5.74, 6) is -0.205. The Hall–Kier alpha value is -2.08. The molecule has 1 aliphatic heterocycles. The summed E-state index contributed by atoms with van der Waals surface area (Å²) in [5, 5.41) is 9.80. The second-order valence-electron chi connectivity index (χ2n) is 4.18. The van der Waals surface area contributed by atoms with Gasteiger partial charge >= 0.3 is 6.03 Å². The summed E-state index contributed by atoms with van der Waals surface area (Å²) in [6.45, 7) is 3.23. The summed E-state index contributed by atoms with van der Waals surface area (Å²) in [6, 6.07) is 4.61. The normalized spacial score (nSPS) is 18.2. The molecule has 3 N–H and O–H groups in total. The van der Waals surface area contributed by atoms with Crippen LogP contribution in [0.3, 0.4) is 0 Å². The Bertz CT molecular complexity index is 571. The maximum atomic E-state index is 11.1. The molecule has 19 heavy (non-hydrogen) atoms. The van der Waals surface area contributed by atoms with Gasteiger partial charge in [0.05, 0.1) is 22.5 Å². The van der Waals surface area contributed by atoms with Gasteiger partial charge in [0, 0.05) is 12.5 Å². The van der Waals surface area contributed by atoms with Gasteiger partial charge < -0.3 is 10.6 Å². The van der Waals surface area contributed by atoms with E-state index in [2.05, 4.69) is 21.2 Å². The van der Waals surface area contributed by atoms with Crippen LogP contribution in [-0.2, 0) is 4.79 Å². The van der Waals surface area contributed by atoms with Gasteiger partial charge in [-0.05, 0) is 19.1 Å². The Morgan fingerprint density at radius 1 is 1.47 bits per heavy atom. The first-order valence-electron chi connectivity index (χ1n) is 5.69. The average molecular weight is 281 g/mol. The molecule has 7 heteroatoms. The summed E-state index contributed by atoms with van der Waals surface area (Å²) < 4.78 is 0. The Morgan fingerprint density at radius 3 is 2.84 bits per heavy atom. The Labute approximate surface area is 115 Å². The van der Waals surface area contributed by atoms with Gasteiger partial charge in [-0.25, -0.2) is 10.2 Å². The van der Waals surface area contributed by atoms with Crippen molar-refractivity contribution in [1.82, 2.24) is 10.7 Å². The molecule has 3 amide bonds. The van der Waals surface area contributed by atoms with Crippen molar-refractivity contribution in [2.24, 2.45) is 5.10 Å². The van der Waals surface area contributed by atoms with E-state index in [0.717, 1.165) is 5.56 Å². The minimum atomic E-state index is -0.340. The molecule has 1 heterocycles. The average Bonchev–Trinajstić information content (AvgIpc) is 2.32. The van der Waals surface area contributed by atoms with E-state index in [4.69, 9.17) is 11.6 Å². The maximum absolute atomic E-state index is 11.1. The lowest BCUT2D eigenvalue weighted by Gasteiger charge is -2.21. The van der Waals surface area contributed by atoms with Gasteiger partial charge in [-0.1, -0.05) is 17.7 Å². The lowest BCUT2D eigenvalue weighted by Crippen LogP contribution is -2.48. The second-order valence-corrected chi connectivity index (χ2v) is 4.59. The molecule has 0 saturated heterocycles. The van der Waals surface area contributed by atoms with Crippen molar-refractivity contribution < 1.29 is 9.59 Å². The van der Waals surface area contributed by atoms with Crippen LogP contribution in [0.1, 0.15) is 19.4 Å². The number of amides is 3. The summed E-state index contributed by atoms with van der Waals surface area (Å²) >= 11 is 6.00. The number of benzene rings is 1. The fraction of sp³-hybridized carbons (Fsp3) is 0.250. The molecular formula is C12H13ClN4O2. The van der Waals surface area contributed by atoms with Crippen molar-refractivity contribution in [2.75, 3.05) is 5.32 Å². The molecule has 0 spiro atoms. The standard InChI is InChI=1S/C12H13ClN4O2/c1-6-11(16-17-12(19)14-6)8-3-4-9(13)10(5-8)15-7(2)18/h3-6H,1-2H3,(H,15,18)(H2,14,17,19). The van der Waals surface area contributed by atoms with Crippen LogP contribution in [0.15, 0.2) is 23.3 Å². The number of urea groups is 1. The third-order valence-corrected chi connectivity index (χ3v) is 2.94. The molecule has 1 unspecified atom stereocenters. The van der Waals surface area contributed by atoms with Gasteiger partial charge in [-0.3, -0.25) is 4.79 Å². The van der Waals surface area contributed by atoms with Crippen molar-refractivity contribution in [2.45, 2.75) is 19.9 Å². The number of nitrogens with one attached hydrogen (secondary N) is 3. The Morgan fingerprint density at radius 2 is 2.21 bits per heavy atom. The maximum Gasteiger partial charge on any atom is 0.335 e. The summed E-state index contributed by atoms with van der Waals surface area (Å²) in [4.78, 5) is 22.2. The van der Waals surface area contributed by atoms with Gasteiger partial charge in [-0.2, -0.15) is 5.10 Å². The Kier molecular flexibility index (Phi) is 3.71. The monoisotopic (exact) mass is 280 g/mol. The Balaban J connectivity index is 2.35. The summed E-state index contributed by atoms with van der Waals surface area (Å²) in [6.07, 6.45) is 0. The quantitative estimate of drug-likeness (QED) is 0.770. The number of hydrogen-bond donors (Lipinski definition) is 3. The van der Waals surface area contributed by atoms with E-state index in [1.165, 1.54) is 6.92 Å². The smallest absolute Gasteiger partial charge is 0.328 e. The first kappa shape index (κ1) is 13.4. The first-order valence-corrected chi connectivity index (χ1v) is 6.07. The van der Waals surface area contributed by atoms with Gasteiger partial charge in [0.2, 0.25) is 5.91 Å². The van der Waals surface area contributed by atoms with E-state index >= 15 is 0 Å². The lowest BCUT2D eigenvalue weighted by molar-refractivity contribution is -0.114. The highest BCUT2D eigenvalue weighted by Gasteiger charge is 2.21. The number of halogens is 1. The number of carbonyl (C=O) groups is 2. The molecule has 2 rings (SSSR count). The number of carbonyl (C=O) groups excluding carboxylic acids is 2. The van der Waals surface area contributed by atoms with E-state index in [1.807, 2.05) is 6.92 Å². The molecule has 0 saturated carbocycles. The molecule has 0 fully saturated rings. The predicted octanol–water partition coefficient (Wildman–Crippen LogP) is 1.70. The molecular weight excluding hydrogens is 268 g/mol.